The summed E-state index contributed by atoms with van der Waals surface area (Å²) in [6.07, 6.45) is 1.20. The first-order valence-electron chi connectivity index (χ1n) is 7.96. The maximum atomic E-state index is 5.98. The fraction of sp³-hybridized carbons (Fsp3) is 0.588. The molecule has 0 saturated carbocycles. The average Bonchev–Trinajstić information content (AvgIpc) is 2.52. The molecule has 0 amide bonds. The van der Waals surface area contributed by atoms with Crippen LogP contribution < -0.4 is 5.32 Å². The van der Waals surface area contributed by atoms with E-state index in [0.29, 0.717) is 0 Å². The number of aryl methyl sites for hydroxylation is 1. The Labute approximate surface area is 128 Å². The molecule has 1 heterocycles. The highest BCUT2D eigenvalue weighted by Gasteiger charge is 2.24. The number of hydrogen-bond acceptors (Lipinski definition) is 2. The number of aliphatic imine (C=N–C) groups is 1. The molecule has 2 rings (SSSR count). The van der Waals surface area contributed by atoms with E-state index >= 15 is 0 Å². The van der Waals surface area contributed by atoms with Crippen LogP contribution in [0.5, 0.6) is 0 Å². The fourth-order valence-corrected chi connectivity index (χ4v) is 2.62. The van der Waals surface area contributed by atoms with Gasteiger partial charge >= 0.3 is 0 Å². The number of rotatable bonds is 4. The zero-order chi connectivity index (χ0) is 15.1. The van der Waals surface area contributed by atoms with Crippen molar-refractivity contribution in [3.05, 3.63) is 35.4 Å². The molecule has 1 saturated heterocycles. The van der Waals surface area contributed by atoms with Crippen LogP contribution in [0.15, 0.2) is 29.3 Å². The lowest BCUT2D eigenvalue weighted by Crippen LogP contribution is -2.48. The van der Waals surface area contributed by atoms with Gasteiger partial charge in [0.15, 0.2) is 5.96 Å². The lowest BCUT2D eigenvalue weighted by Gasteiger charge is -2.35. The minimum atomic E-state index is 0.130. The van der Waals surface area contributed by atoms with Gasteiger partial charge in [0.05, 0.1) is 13.2 Å². The first-order valence-corrected chi connectivity index (χ1v) is 7.96. The fourth-order valence-electron chi connectivity index (χ4n) is 2.62. The highest BCUT2D eigenvalue weighted by Crippen LogP contribution is 2.24. The van der Waals surface area contributed by atoms with Crippen molar-refractivity contribution >= 4 is 5.96 Å². The number of hydrogen-bond donors (Lipinski definition) is 1. The van der Waals surface area contributed by atoms with Crippen LogP contribution in [0.25, 0.3) is 0 Å². The Morgan fingerprint density at radius 1 is 1.38 bits per heavy atom. The molecular weight excluding hydrogens is 262 g/mol. The summed E-state index contributed by atoms with van der Waals surface area (Å²) in [5.41, 5.74) is 2.58. The Balaban J connectivity index is 2.10. The second-order valence-corrected chi connectivity index (χ2v) is 5.40. The highest BCUT2D eigenvalue weighted by molar-refractivity contribution is 5.80. The van der Waals surface area contributed by atoms with Gasteiger partial charge in [0, 0.05) is 19.6 Å². The molecule has 1 aliphatic heterocycles. The summed E-state index contributed by atoms with van der Waals surface area (Å²) in [4.78, 5) is 7.00. The van der Waals surface area contributed by atoms with Crippen molar-refractivity contribution in [3.8, 4) is 0 Å². The van der Waals surface area contributed by atoms with E-state index in [1.807, 2.05) is 0 Å². The first-order chi connectivity index (χ1) is 10.3. The van der Waals surface area contributed by atoms with Crippen LogP contribution in [0.1, 0.15) is 37.5 Å². The van der Waals surface area contributed by atoms with Gasteiger partial charge in [0.25, 0.3) is 0 Å². The molecule has 1 fully saturated rings. The van der Waals surface area contributed by atoms with Gasteiger partial charge in [-0.25, -0.2) is 0 Å². The van der Waals surface area contributed by atoms with Crippen LogP contribution in [0.3, 0.4) is 0 Å². The van der Waals surface area contributed by atoms with Gasteiger partial charge in [-0.1, -0.05) is 31.2 Å². The highest BCUT2D eigenvalue weighted by atomic mass is 16.5. The van der Waals surface area contributed by atoms with Gasteiger partial charge in [-0.05, 0) is 31.4 Å². The van der Waals surface area contributed by atoms with Gasteiger partial charge in [-0.3, -0.25) is 4.99 Å². The third-order valence-corrected chi connectivity index (χ3v) is 3.72. The van der Waals surface area contributed by atoms with Crippen LogP contribution in [0.2, 0.25) is 0 Å². The summed E-state index contributed by atoms with van der Waals surface area (Å²) in [6.45, 7) is 10.7. The quantitative estimate of drug-likeness (QED) is 0.684. The largest absolute Gasteiger partial charge is 0.370 e. The van der Waals surface area contributed by atoms with Crippen molar-refractivity contribution in [2.45, 2.75) is 33.3 Å². The number of morpholine rings is 1. The van der Waals surface area contributed by atoms with E-state index in [1.165, 1.54) is 11.1 Å². The molecule has 0 aromatic heterocycles. The molecule has 1 aromatic rings. The van der Waals surface area contributed by atoms with Crippen molar-refractivity contribution in [3.63, 3.8) is 0 Å². The molecule has 4 nitrogen and oxygen atoms in total. The van der Waals surface area contributed by atoms with E-state index in [0.717, 1.165) is 45.2 Å². The molecule has 0 aliphatic carbocycles. The maximum absolute atomic E-state index is 5.98. The molecular formula is C17H27N3O. The van der Waals surface area contributed by atoms with Gasteiger partial charge < -0.3 is 15.0 Å². The zero-order valence-electron chi connectivity index (χ0n) is 13.4. The molecule has 0 spiro atoms. The van der Waals surface area contributed by atoms with Crippen molar-refractivity contribution in [1.82, 2.24) is 10.2 Å². The summed E-state index contributed by atoms with van der Waals surface area (Å²) in [5.74, 6) is 1.02. The minimum absolute atomic E-state index is 0.130. The van der Waals surface area contributed by atoms with Crippen molar-refractivity contribution in [2.75, 3.05) is 32.8 Å². The SMILES string of the molecule is CCCN=C(NCC)N1CCOC(c2ccccc2C)C1. The maximum Gasteiger partial charge on any atom is 0.194 e. The zero-order valence-corrected chi connectivity index (χ0v) is 13.4. The van der Waals surface area contributed by atoms with Crippen molar-refractivity contribution in [1.29, 1.82) is 0 Å². The van der Waals surface area contributed by atoms with Gasteiger partial charge in [-0.15, -0.1) is 0 Å². The summed E-state index contributed by atoms with van der Waals surface area (Å²) in [6, 6.07) is 8.47. The van der Waals surface area contributed by atoms with Gasteiger partial charge in [0.1, 0.15) is 6.10 Å². The molecule has 1 atom stereocenters. The Bertz CT molecular complexity index is 473. The molecule has 0 bridgehead atoms. The normalized spacial score (nSPS) is 19.7. The third-order valence-electron chi connectivity index (χ3n) is 3.72. The van der Waals surface area contributed by atoms with E-state index in [4.69, 9.17) is 4.74 Å². The van der Waals surface area contributed by atoms with Gasteiger partial charge in [0.2, 0.25) is 0 Å². The van der Waals surface area contributed by atoms with E-state index < -0.39 is 0 Å². The molecule has 116 valence electrons. The van der Waals surface area contributed by atoms with Crippen LogP contribution >= 0.6 is 0 Å². The Morgan fingerprint density at radius 2 is 2.19 bits per heavy atom. The molecule has 4 heteroatoms. The molecule has 0 radical (unpaired) electrons. The molecule has 21 heavy (non-hydrogen) atoms. The van der Waals surface area contributed by atoms with Crippen LogP contribution in [0.4, 0.5) is 0 Å². The smallest absolute Gasteiger partial charge is 0.194 e. The Hall–Kier alpha value is -1.55. The standard InChI is InChI=1S/C17H27N3O/c1-4-10-19-17(18-5-2)20-11-12-21-16(13-20)15-9-7-6-8-14(15)3/h6-9,16H,4-5,10-13H2,1-3H3,(H,18,19). The van der Waals surface area contributed by atoms with Crippen molar-refractivity contribution < 1.29 is 4.74 Å². The number of nitrogens with zero attached hydrogens (tertiary/aromatic N) is 2. The van der Waals surface area contributed by atoms with Gasteiger partial charge in [-0.2, -0.15) is 0 Å². The van der Waals surface area contributed by atoms with Crippen LogP contribution in [-0.2, 0) is 4.74 Å². The topological polar surface area (TPSA) is 36.9 Å². The summed E-state index contributed by atoms with van der Waals surface area (Å²) in [5, 5.41) is 3.39. The molecule has 1 unspecified atom stereocenters. The third kappa shape index (κ3) is 4.21. The average molecular weight is 289 g/mol. The van der Waals surface area contributed by atoms with Crippen LogP contribution in [0, 0.1) is 6.92 Å². The number of ether oxygens (including phenoxy) is 1. The summed E-state index contributed by atoms with van der Waals surface area (Å²) in [7, 11) is 0. The van der Waals surface area contributed by atoms with E-state index in [9.17, 15) is 0 Å². The Kier molecular flexibility index (Phi) is 6.05. The predicted octanol–water partition coefficient (Wildman–Crippen LogP) is 2.74. The predicted molar refractivity (Wildman–Crippen MR) is 87.7 cm³/mol. The summed E-state index contributed by atoms with van der Waals surface area (Å²) < 4.78 is 5.98. The Morgan fingerprint density at radius 3 is 2.90 bits per heavy atom. The monoisotopic (exact) mass is 289 g/mol. The second kappa shape index (κ2) is 8.03. The number of guanidine groups is 1. The molecule has 1 N–H and O–H groups in total. The lowest BCUT2D eigenvalue weighted by atomic mass is 10.0. The first kappa shape index (κ1) is 15.8. The van der Waals surface area contributed by atoms with E-state index in [2.05, 4.69) is 60.2 Å². The summed E-state index contributed by atoms with van der Waals surface area (Å²) >= 11 is 0. The number of benzene rings is 1. The second-order valence-electron chi connectivity index (χ2n) is 5.40. The molecule has 1 aromatic carbocycles. The molecule has 1 aliphatic rings. The van der Waals surface area contributed by atoms with E-state index in [1.54, 1.807) is 0 Å². The minimum Gasteiger partial charge on any atom is -0.370 e. The lowest BCUT2D eigenvalue weighted by molar-refractivity contribution is -0.00832. The number of nitrogens with one attached hydrogen (secondary N) is 1. The van der Waals surface area contributed by atoms with Crippen LogP contribution in [-0.4, -0.2) is 43.6 Å². The van der Waals surface area contributed by atoms with E-state index in [-0.39, 0.29) is 6.10 Å². The van der Waals surface area contributed by atoms with Crippen molar-refractivity contribution in [2.24, 2.45) is 4.99 Å².